The summed E-state index contributed by atoms with van der Waals surface area (Å²) in [4.78, 5) is 29.5. The molecule has 14 nitrogen and oxygen atoms in total. The summed E-state index contributed by atoms with van der Waals surface area (Å²) in [5.74, 6) is 0.766. The number of fused-ring (bicyclic) bond motifs is 2. The maximum absolute atomic E-state index is 13.0. The maximum atomic E-state index is 13.0. The lowest BCUT2D eigenvalue weighted by atomic mass is 10.1. The number of urea groups is 1. The number of amides is 2. The van der Waals surface area contributed by atoms with Crippen molar-refractivity contribution in [3.63, 3.8) is 0 Å². The van der Waals surface area contributed by atoms with Gasteiger partial charge in [0.25, 0.3) is 0 Å². The number of carbonyl (C=O) groups excluding carboxylic acids is 1. The molecule has 17 heteroatoms. The van der Waals surface area contributed by atoms with E-state index in [1.807, 2.05) is 83.5 Å². The van der Waals surface area contributed by atoms with Gasteiger partial charge in [0.2, 0.25) is 0 Å². The molecule has 5 aromatic carbocycles. The molecule has 8 N–H and O–H groups in total. The standard InChI is InChI=1S/C27H22F3N7O.C19H18N6/c28-27(29,30)19-9-5-11-21(14-19)35-26(38)34-20-10-4-8-18(12-20)13-22-23-24(31)32-16-33-25(23)37(36-22)15-17-6-2-1-3-7-17;20-15-8-4-7-14(9-15)10-16-17-18(21)22-12-23-19(17)25(24-16)11-13-5-2-1-3-6-13/h1-12,14,16H,13,15H2,(H2,31,32,33)(H2,34,35,38);1-9,12H,10-11,20H2,(H2,21,22,23). The number of alkyl halides is 3. The van der Waals surface area contributed by atoms with Crippen molar-refractivity contribution in [3.05, 3.63) is 185 Å². The van der Waals surface area contributed by atoms with Crippen LogP contribution in [0.25, 0.3) is 22.1 Å². The number of hydrogen-bond donors (Lipinski definition) is 5. The highest BCUT2D eigenvalue weighted by atomic mass is 19.4. The lowest BCUT2D eigenvalue weighted by Gasteiger charge is -2.11. The van der Waals surface area contributed by atoms with Gasteiger partial charge >= 0.3 is 12.2 Å². The van der Waals surface area contributed by atoms with Crippen molar-refractivity contribution in [3.8, 4) is 0 Å². The van der Waals surface area contributed by atoms with E-state index in [-0.39, 0.29) is 5.69 Å². The van der Waals surface area contributed by atoms with Gasteiger partial charge in [0.15, 0.2) is 11.3 Å². The molecule has 0 saturated carbocycles. The molecule has 63 heavy (non-hydrogen) atoms. The molecule has 0 fully saturated rings. The van der Waals surface area contributed by atoms with Gasteiger partial charge in [0.1, 0.15) is 24.3 Å². The number of nitrogen functional groups attached to an aromatic ring is 3. The Bertz CT molecular complexity index is 3030. The maximum Gasteiger partial charge on any atom is 0.416 e. The zero-order valence-corrected chi connectivity index (χ0v) is 33.5. The topological polar surface area (TPSA) is 206 Å². The van der Waals surface area contributed by atoms with Crippen LogP contribution in [0.5, 0.6) is 0 Å². The van der Waals surface area contributed by atoms with Gasteiger partial charge in [-0.15, -0.1) is 0 Å². The second-order valence-electron chi connectivity index (χ2n) is 14.6. The molecule has 0 aliphatic heterocycles. The molecule has 4 heterocycles. The molecule has 0 aliphatic rings. The van der Waals surface area contributed by atoms with Gasteiger partial charge in [-0.05, 0) is 64.7 Å². The Hall–Kier alpha value is -8.34. The molecule has 0 atom stereocenters. The summed E-state index contributed by atoms with van der Waals surface area (Å²) in [6.45, 7) is 1.13. The minimum Gasteiger partial charge on any atom is -0.399 e. The Morgan fingerprint density at radius 3 is 1.51 bits per heavy atom. The molecule has 0 bridgehead atoms. The lowest BCUT2D eigenvalue weighted by Crippen LogP contribution is -2.20. The van der Waals surface area contributed by atoms with Crippen molar-refractivity contribution in [2.45, 2.75) is 32.1 Å². The third-order valence-corrected chi connectivity index (χ3v) is 9.94. The summed E-state index contributed by atoms with van der Waals surface area (Å²) >= 11 is 0. The minimum atomic E-state index is -4.50. The van der Waals surface area contributed by atoms with E-state index in [1.54, 1.807) is 22.9 Å². The third-order valence-electron chi connectivity index (χ3n) is 9.94. The summed E-state index contributed by atoms with van der Waals surface area (Å²) in [6, 6.07) is 38.6. The summed E-state index contributed by atoms with van der Waals surface area (Å²) in [6.07, 6.45) is -0.611. The van der Waals surface area contributed by atoms with Crippen molar-refractivity contribution in [2.24, 2.45) is 0 Å². The second kappa shape index (κ2) is 18.1. The highest BCUT2D eigenvalue weighted by Gasteiger charge is 2.30. The van der Waals surface area contributed by atoms with Gasteiger partial charge in [-0.1, -0.05) is 91.0 Å². The molecule has 4 aromatic heterocycles. The minimum absolute atomic E-state index is 0.0272. The van der Waals surface area contributed by atoms with Crippen molar-refractivity contribution in [1.29, 1.82) is 0 Å². The smallest absolute Gasteiger partial charge is 0.399 e. The second-order valence-corrected chi connectivity index (χ2v) is 14.6. The first-order chi connectivity index (χ1) is 30.5. The quantitative estimate of drug-likeness (QED) is 0.0832. The van der Waals surface area contributed by atoms with Gasteiger partial charge < -0.3 is 27.8 Å². The van der Waals surface area contributed by atoms with E-state index < -0.39 is 17.8 Å². The Kier molecular flexibility index (Phi) is 11.9. The molecule has 0 spiro atoms. The molecule has 2 amide bonds. The van der Waals surface area contributed by atoms with Crippen molar-refractivity contribution in [1.82, 2.24) is 39.5 Å². The van der Waals surface area contributed by atoms with Gasteiger partial charge in [-0.2, -0.15) is 23.4 Å². The number of rotatable bonds is 10. The Morgan fingerprint density at radius 1 is 0.540 bits per heavy atom. The molecule has 0 radical (unpaired) electrons. The predicted octanol–water partition coefficient (Wildman–Crippen LogP) is 8.34. The molecular formula is C46H40F3N13O. The summed E-state index contributed by atoms with van der Waals surface area (Å²) in [5.41, 5.74) is 25.6. The lowest BCUT2D eigenvalue weighted by molar-refractivity contribution is -0.137. The first kappa shape index (κ1) is 41.4. The van der Waals surface area contributed by atoms with E-state index in [9.17, 15) is 18.0 Å². The fraction of sp³-hybridized carbons (Fsp3) is 0.109. The predicted molar refractivity (Wildman–Crippen MR) is 238 cm³/mol. The van der Waals surface area contributed by atoms with Crippen molar-refractivity contribution < 1.29 is 18.0 Å². The van der Waals surface area contributed by atoms with E-state index in [0.29, 0.717) is 60.0 Å². The highest BCUT2D eigenvalue weighted by Crippen LogP contribution is 2.31. The third kappa shape index (κ3) is 10.0. The van der Waals surface area contributed by atoms with Crippen LogP contribution in [-0.2, 0) is 32.1 Å². The van der Waals surface area contributed by atoms with Gasteiger partial charge in [-0.25, -0.2) is 34.1 Å². The van der Waals surface area contributed by atoms with Crippen LogP contribution in [0.15, 0.2) is 146 Å². The van der Waals surface area contributed by atoms with E-state index in [4.69, 9.17) is 27.4 Å². The van der Waals surface area contributed by atoms with Crippen LogP contribution in [0.1, 0.15) is 39.2 Å². The molecule has 9 rings (SSSR count). The van der Waals surface area contributed by atoms with Gasteiger partial charge in [0, 0.05) is 29.9 Å². The molecule has 316 valence electrons. The number of anilines is 5. The number of nitrogens with one attached hydrogen (secondary N) is 2. The van der Waals surface area contributed by atoms with Crippen LogP contribution >= 0.6 is 0 Å². The SMILES string of the molecule is Nc1cccc(Cc2nn(Cc3ccccc3)c3ncnc(N)c23)c1.Nc1ncnc2c1c(Cc1cccc(NC(=O)Nc3cccc(C(F)(F)F)c3)c1)nn2Cc1ccccc1. The first-order valence-electron chi connectivity index (χ1n) is 19.6. The summed E-state index contributed by atoms with van der Waals surface area (Å²) in [5, 5.41) is 16.1. The van der Waals surface area contributed by atoms with E-state index in [2.05, 4.69) is 42.7 Å². The number of hydrogen-bond acceptors (Lipinski definition) is 10. The number of aromatic nitrogens is 8. The van der Waals surface area contributed by atoms with Crippen LogP contribution in [0.4, 0.5) is 46.7 Å². The molecule has 0 aliphatic carbocycles. The normalized spacial score (nSPS) is 11.3. The van der Waals surface area contributed by atoms with Gasteiger partial charge in [-0.3, -0.25) is 0 Å². The van der Waals surface area contributed by atoms with Gasteiger partial charge in [0.05, 0.1) is 40.8 Å². The van der Waals surface area contributed by atoms with E-state index >= 15 is 0 Å². The van der Waals surface area contributed by atoms with Crippen LogP contribution in [0.3, 0.4) is 0 Å². The van der Waals surface area contributed by atoms with Crippen LogP contribution in [0, 0.1) is 0 Å². The Balaban J connectivity index is 0.000000188. The zero-order chi connectivity index (χ0) is 43.9. The van der Waals surface area contributed by atoms with Crippen LogP contribution < -0.4 is 27.8 Å². The average molecular weight is 848 g/mol. The average Bonchev–Trinajstić information content (AvgIpc) is 3.79. The Labute approximate surface area is 358 Å². The number of nitrogens with two attached hydrogens (primary N) is 3. The molecular weight excluding hydrogens is 808 g/mol. The molecule has 9 aromatic rings. The van der Waals surface area contributed by atoms with Crippen LogP contribution in [-0.4, -0.2) is 45.5 Å². The van der Waals surface area contributed by atoms with Crippen molar-refractivity contribution in [2.75, 3.05) is 27.8 Å². The molecule has 0 unspecified atom stereocenters. The monoisotopic (exact) mass is 847 g/mol. The summed E-state index contributed by atoms with van der Waals surface area (Å²) < 4.78 is 42.5. The van der Waals surface area contributed by atoms with E-state index in [0.717, 1.165) is 56.8 Å². The molecule has 0 saturated heterocycles. The number of benzene rings is 5. The van der Waals surface area contributed by atoms with E-state index in [1.165, 1.54) is 24.8 Å². The van der Waals surface area contributed by atoms with Crippen LogP contribution in [0.2, 0.25) is 0 Å². The summed E-state index contributed by atoms with van der Waals surface area (Å²) in [7, 11) is 0. The first-order valence-corrected chi connectivity index (χ1v) is 19.6. The Morgan fingerprint density at radius 2 is 1.00 bits per heavy atom. The zero-order valence-electron chi connectivity index (χ0n) is 33.5. The number of halogens is 3. The highest BCUT2D eigenvalue weighted by molar-refractivity contribution is 6.00. The number of nitrogens with zero attached hydrogens (tertiary/aromatic N) is 8. The number of carbonyl (C=O) groups is 1. The fourth-order valence-corrected chi connectivity index (χ4v) is 7.11. The van der Waals surface area contributed by atoms with Crippen molar-refractivity contribution >= 4 is 56.8 Å². The fourth-order valence-electron chi connectivity index (χ4n) is 7.11. The largest absolute Gasteiger partial charge is 0.416 e.